The second-order valence-electron chi connectivity index (χ2n) is 5.42. The normalized spacial score (nSPS) is 18.0. The number of fused-ring (bicyclic) bond motifs is 1. The van der Waals surface area contributed by atoms with Gasteiger partial charge in [0.2, 0.25) is 0 Å². The predicted molar refractivity (Wildman–Crippen MR) is 101 cm³/mol. The Labute approximate surface area is 161 Å². The number of ether oxygens (including phenoxy) is 2. The Bertz CT molecular complexity index is 775. The molecule has 6 nitrogen and oxygen atoms in total. The molecule has 1 aliphatic heterocycles. The van der Waals surface area contributed by atoms with Gasteiger partial charge in [-0.25, -0.2) is 4.79 Å². The first-order valence-corrected chi connectivity index (χ1v) is 9.22. The summed E-state index contributed by atoms with van der Waals surface area (Å²) in [6.07, 6.45) is 1.64. The van der Waals surface area contributed by atoms with Gasteiger partial charge in [0, 0.05) is 15.6 Å². The lowest BCUT2D eigenvalue weighted by Gasteiger charge is -2.22. The van der Waals surface area contributed by atoms with Crippen molar-refractivity contribution in [2.24, 2.45) is 0 Å². The molecular weight excluding hydrogens is 470 g/mol. The van der Waals surface area contributed by atoms with Crippen molar-refractivity contribution in [1.82, 2.24) is 4.98 Å². The van der Waals surface area contributed by atoms with Gasteiger partial charge in [-0.2, -0.15) is 0 Å². The Kier molecular flexibility index (Phi) is 5.76. The van der Waals surface area contributed by atoms with E-state index in [2.05, 4.69) is 32.9 Å². The fourth-order valence-corrected chi connectivity index (χ4v) is 3.91. The van der Waals surface area contributed by atoms with Crippen molar-refractivity contribution in [1.29, 1.82) is 0 Å². The first-order valence-electron chi connectivity index (χ1n) is 7.38. The zero-order valence-electron chi connectivity index (χ0n) is 12.5. The lowest BCUT2D eigenvalue weighted by Crippen LogP contribution is -2.22. The minimum atomic E-state index is -1.17. The van der Waals surface area contributed by atoms with Crippen LogP contribution < -0.4 is 5.32 Å². The summed E-state index contributed by atoms with van der Waals surface area (Å²) in [7, 11) is 0. The van der Waals surface area contributed by atoms with Gasteiger partial charge in [0.25, 0.3) is 0 Å². The van der Waals surface area contributed by atoms with E-state index in [1.807, 2.05) is 0 Å². The first kappa shape index (κ1) is 18.1. The SMILES string of the molecule is O=C(O)Nc1cc(Cl)c(Cl)c2[nH]c(COC3CCCCO3)c(I)c12. The van der Waals surface area contributed by atoms with Gasteiger partial charge in [-0.15, -0.1) is 0 Å². The average molecular weight is 485 g/mol. The van der Waals surface area contributed by atoms with E-state index >= 15 is 0 Å². The Hall–Kier alpha value is -0.740. The molecular formula is C15H15Cl2IN2O4. The van der Waals surface area contributed by atoms with Gasteiger partial charge in [-0.3, -0.25) is 5.32 Å². The third-order valence-electron chi connectivity index (χ3n) is 3.77. The lowest BCUT2D eigenvalue weighted by atomic mass is 10.2. The quantitative estimate of drug-likeness (QED) is 0.520. The molecule has 3 rings (SSSR count). The number of aromatic amines is 1. The summed E-state index contributed by atoms with van der Waals surface area (Å²) in [6, 6.07) is 1.51. The summed E-state index contributed by atoms with van der Waals surface area (Å²) in [4.78, 5) is 14.2. The van der Waals surface area contributed by atoms with Crippen molar-refractivity contribution in [3.05, 3.63) is 25.4 Å². The molecule has 1 saturated heterocycles. The summed E-state index contributed by atoms with van der Waals surface area (Å²) in [5, 5.41) is 12.7. The van der Waals surface area contributed by atoms with E-state index in [0.29, 0.717) is 34.8 Å². The van der Waals surface area contributed by atoms with E-state index in [1.165, 1.54) is 6.07 Å². The standard InChI is InChI=1S/C15H15Cl2IN2O4/c16-7-5-8(20-15(21)22)11-13(18)9(19-14(11)12(7)17)6-24-10-3-1-2-4-23-10/h5,10,19-20H,1-4,6H2,(H,21,22). The summed E-state index contributed by atoms with van der Waals surface area (Å²) in [5.74, 6) is 0. The molecule has 2 heterocycles. The highest BCUT2D eigenvalue weighted by Gasteiger charge is 2.21. The van der Waals surface area contributed by atoms with Gasteiger partial charge in [0.1, 0.15) is 0 Å². The summed E-state index contributed by atoms with van der Waals surface area (Å²) in [6.45, 7) is 1.03. The van der Waals surface area contributed by atoms with Gasteiger partial charge < -0.3 is 19.6 Å². The molecule has 130 valence electrons. The maximum atomic E-state index is 11.0. The lowest BCUT2D eigenvalue weighted by molar-refractivity contribution is -0.169. The van der Waals surface area contributed by atoms with Crippen LogP contribution in [0.4, 0.5) is 10.5 Å². The number of halogens is 3. The van der Waals surface area contributed by atoms with Gasteiger partial charge in [-0.05, 0) is 47.9 Å². The van der Waals surface area contributed by atoms with E-state index in [9.17, 15) is 4.79 Å². The van der Waals surface area contributed by atoms with Crippen LogP contribution in [0.15, 0.2) is 6.07 Å². The van der Waals surface area contributed by atoms with E-state index < -0.39 is 6.09 Å². The van der Waals surface area contributed by atoms with Crippen molar-refractivity contribution < 1.29 is 19.4 Å². The number of rotatable bonds is 4. The van der Waals surface area contributed by atoms with Crippen LogP contribution in [0.1, 0.15) is 25.0 Å². The zero-order chi connectivity index (χ0) is 17.3. The van der Waals surface area contributed by atoms with Crippen LogP contribution in [0.3, 0.4) is 0 Å². The molecule has 0 radical (unpaired) electrons. The second kappa shape index (κ2) is 7.65. The molecule has 1 fully saturated rings. The Balaban J connectivity index is 1.93. The molecule has 1 aliphatic rings. The van der Waals surface area contributed by atoms with Gasteiger partial charge >= 0.3 is 6.09 Å². The van der Waals surface area contributed by atoms with Crippen molar-refractivity contribution >= 4 is 68.5 Å². The summed E-state index contributed by atoms with van der Waals surface area (Å²) < 4.78 is 12.2. The zero-order valence-corrected chi connectivity index (χ0v) is 16.2. The molecule has 0 saturated carbocycles. The number of hydrogen-bond acceptors (Lipinski definition) is 3. The molecule has 3 N–H and O–H groups in total. The highest BCUT2D eigenvalue weighted by atomic mass is 127. The number of amides is 1. The second-order valence-corrected chi connectivity index (χ2v) is 7.29. The summed E-state index contributed by atoms with van der Waals surface area (Å²) in [5.41, 5.74) is 1.77. The fourth-order valence-electron chi connectivity index (χ4n) is 2.66. The average Bonchev–Trinajstić information content (AvgIpc) is 2.88. The molecule has 24 heavy (non-hydrogen) atoms. The van der Waals surface area contributed by atoms with Crippen LogP contribution >= 0.6 is 45.8 Å². The number of aromatic nitrogens is 1. The number of carboxylic acid groups (broad SMARTS) is 1. The van der Waals surface area contributed by atoms with Crippen LogP contribution in [0.2, 0.25) is 10.0 Å². The van der Waals surface area contributed by atoms with Gasteiger partial charge in [-0.1, -0.05) is 23.2 Å². The minimum absolute atomic E-state index is 0.211. The highest BCUT2D eigenvalue weighted by Crippen LogP contribution is 2.39. The number of benzene rings is 1. The maximum Gasteiger partial charge on any atom is 0.409 e. The molecule has 1 aromatic heterocycles. The Morgan fingerprint density at radius 2 is 2.29 bits per heavy atom. The third kappa shape index (κ3) is 3.75. The number of H-pyrrole nitrogens is 1. The van der Waals surface area contributed by atoms with Crippen molar-refractivity contribution in [3.63, 3.8) is 0 Å². The van der Waals surface area contributed by atoms with Crippen LogP contribution in [-0.4, -0.2) is 29.1 Å². The molecule has 0 spiro atoms. The summed E-state index contributed by atoms with van der Waals surface area (Å²) >= 11 is 14.5. The van der Waals surface area contributed by atoms with Gasteiger partial charge in [0.05, 0.1) is 33.6 Å². The highest BCUT2D eigenvalue weighted by molar-refractivity contribution is 14.1. The van der Waals surface area contributed by atoms with Crippen molar-refractivity contribution in [2.45, 2.75) is 32.2 Å². The molecule has 1 atom stereocenters. The third-order valence-corrected chi connectivity index (χ3v) is 5.75. The van der Waals surface area contributed by atoms with Crippen LogP contribution in [0.5, 0.6) is 0 Å². The first-order chi connectivity index (χ1) is 11.5. The van der Waals surface area contributed by atoms with Crippen LogP contribution in [0, 0.1) is 3.57 Å². The molecule has 1 unspecified atom stereocenters. The van der Waals surface area contributed by atoms with E-state index in [0.717, 1.165) is 28.5 Å². The topological polar surface area (TPSA) is 83.6 Å². The van der Waals surface area contributed by atoms with Crippen LogP contribution in [-0.2, 0) is 16.1 Å². The molecule has 2 aromatic rings. The minimum Gasteiger partial charge on any atom is -0.465 e. The van der Waals surface area contributed by atoms with E-state index in [-0.39, 0.29) is 11.3 Å². The van der Waals surface area contributed by atoms with E-state index in [1.54, 1.807) is 0 Å². The number of anilines is 1. The maximum absolute atomic E-state index is 11.0. The largest absolute Gasteiger partial charge is 0.465 e. The Morgan fingerprint density at radius 1 is 1.50 bits per heavy atom. The van der Waals surface area contributed by atoms with Crippen LogP contribution in [0.25, 0.3) is 10.9 Å². The number of carbonyl (C=O) groups is 1. The number of hydrogen-bond donors (Lipinski definition) is 3. The Morgan fingerprint density at radius 3 is 2.96 bits per heavy atom. The molecule has 0 bridgehead atoms. The van der Waals surface area contributed by atoms with Gasteiger partial charge in [0.15, 0.2) is 6.29 Å². The number of nitrogens with one attached hydrogen (secondary N) is 2. The van der Waals surface area contributed by atoms with Crippen molar-refractivity contribution in [3.8, 4) is 0 Å². The predicted octanol–water partition coefficient (Wildman–Crippen LogP) is 5.21. The molecule has 1 amide bonds. The fraction of sp³-hybridized carbons (Fsp3) is 0.400. The molecule has 9 heteroatoms. The smallest absolute Gasteiger partial charge is 0.409 e. The monoisotopic (exact) mass is 484 g/mol. The molecule has 1 aromatic carbocycles. The van der Waals surface area contributed by atoms with Crippen molar-refractivity contribution in [2.75, 3.05) is 11.9 Å². The van der Waals surface area contributed by atoms with E-state index in [4.69, 9.17) is 37.8 Å². The molecule has 0 aliphatic carbocycles.